The van der Waals surface area contributed by atoms with E-state index in [0.717, 1.165) is 4.48 Å². The van der Waals surface area contributed by atoms with Gasteiger partial charge in [0.1, 0.15) is 6.04 Å². The lowest BCUT2D eigenvalue weighted by atomic mass is 10.0. The van der Waals surface area contributed by atoms with Gasteiger partial charge in [0.15, 0.2) is 0 Å². The lowest BCUT2D eigenvalue weighted by Gasteiger charge is -2.40. The fourth-order valence-corrected chi connectivity index (χ4v) is 1.79. The molecule has 1 heterocycles. The fraction of sp³-hybridized carbons (Fsp3) is 0.778. The first kappa shape index (κ1) is 11.0. The highest BCUT2D eigenvalue weighted by molar-refractivity contribution is 4.81. The Balaban J connectivity index is 0.000001000. The molecule has 0 spiro atoms. The summed E-state index contributed by atoms with van der Waals surface area (Å²) in [5.41, 5.74) is 0. The molecule has 0 saturated carbocycles. The van der Waals surface area contributed by atoms with E-state index < -0.39 is 0 Å². The summed E-state index contributed by atoms with van der Waals surface area (Å²) in [4.78, 5) is 0. The van der Waals surface area contributed by atoms with Gasteiger partial charge in [-0.05, 0) is 18.9 Å². The van der Waals surface area contributed by atoms with E-state index in [-0.39, 0.29) is 12.4 Å². The van der Waals surface area contributed by atoms with Crippen molar-refractivity contribution in [2.75, 3.05) is 20.6 Å². The van der Waals surface area contributed by atoms with E-state index >= 15 is 0 Å². The van der Waals surface area contributed by atoms with Crippen LogP contribution >= 0.6 is 0 Å². The highest BCUT2D eigenvalue weighted by atomic mass is 35.5. The van der Waals surface area contributed by atoms with Gasteiger partial charge in [0.2, 0.25) is 0 Å². The molecule has 0 N–H and O–H groups in total. The van der Waals surface area contributed by atoms with E-state index in [9.17, 15) is 0 Å². The molecule has 11 heavy (non-hydrogen) atoms. The van der Waals surface area contributed by atoms with Crippen LogP contribution in [0.5, 0.6) is 0 Å². The van der Waals surface area contributed by atoms with Gasteiger partial charge in [-0.1, -0.05) is 6.58 Å². The van der Waals surface area contributed by atoms with Crippen LogP contribution in [0.3, 0.4) is 0 Å². The summed E-state index contributed by atoms with van der Waals surface area (Å²) >= 11 is 0. The van der Waals surface area contributed by atoms with Crippen LogP contribution in [0.1, 0.15) is 19.3 Å². The maximum Gasteiger partial charge on any atom is 0.107 e. The minimum atomic E-state index is 0. The molecule has 1 unspecified atom stereocenters. The molecule has 1 aliphatic heterocycles. The predicted octanol–water partition coefficient (Wildman–Crippen LogP) is -1.19. The SMILES string of the molecule is C=CC1CCCC[N+]1(C)C.[Cl-]. The average Bonchev–Trinajstić information content (AvgIpc) is 1.87. The molecule has 1 saturated heterocycles. The smallest absolute Gasteiger partial charge is 0.107 e. The van der Waals surface area contributed by atoms with Crippen LogP contribution in [0, 0.1) is 0 Å². The molecule has 0 aromatic rings. The summed E-state index contributed by atoms with van der Waals surface area (Å²) in [5, 5.41) is 0. The van der Waals surface area contributed by atoms with E-state index in [1.165, 1.54) is 25.8 Å². The number of hydrogen-bond donors (Lipinski definition) is 0. The molecule has 0 aromatic carbocycles. The second-order valence-electron chi connectivity index (χ2n) is 3.80. The van der Waals surface area contributed by atoms with Crippen LogP contribution in [-0.2, 0) is 0 Å². The zero-order valence-electron chi connectivity index (χ0n) is 7.52. The van der Waals surface area contributed by atoms with Crippen LogP contribution in [0.15, 0.2) is 12.7 Å². The molecule has 1 nitrogen and oxygen atoms in total. The molecule has 0 aliphatic carbocycles. The standard InChI is InChI=1S/C9H18N.ClH/c1-4-9-7-5-6-8-10(9,2)3;/h4,9H,1,5-8H2,2-3H3;1H/q+1;/p-1. The van der Waals surface area contributed by atoms with Gasteiger partial charge in [-0.15, -0.1) is 0 Å². The minimum absolute atomic E-state index is 0. The predicted molar refractivity (Wildman–Crippen MR) is 44.8 cm³/mol. The molecule has 1 fully saturated rings. The number of likely N-dealkylation sites (N-methyl/N-ethyl adjacent to an activating group) is 1. The summed E-state index contributed by atoms with van der Waals surface area (Å²) in [6.45, 7) is 5.18. The maximum atomic E-state index is 3.86. The van der Waals surface area contributed by atoms with Crippen molar-refractivity contribution in [1.29, 1.82) is 0 Å². The number of likely N-dealkylation sites (tertiary alicyclic amines) is 1. The summed E-state index contributed by atoms with van der Waals surface area (Å²) in [7, 11) is 4.59. The summed E-state index contributed by atoms with van der Waals surface area (Å²) in [6, 6.07) is 0.703. The Morgan fingerprint density at radius 2 is 2.00 bits per heavy atom. The first-order valence-corrected chi connectivity index (χ1v) is 4.12. The van der Waals surface area contributed by atoms with Crippen molar-refractivity contribution in [3.05, 3.63) is 12.7 Å². The normalized spacial score (nSPS) is 28.7. The van der Waals surface area contributed by atoms with Crippen molar-refractivity contribution in [1.82, 2.24) is 0 Å². The number of quaternary nitrogens is 1. The van der Waals surface area contributed by atoms with Crippen molar-refractivity contribution in [2.45, 2.75) is 25.3 Å². The zero-order valence-corrected chi connectivity index (χ0v) is 8.27. The molecule has 1 rings (SSSR count). The number of rotatable bonds is 1. The van der Waals surface area contributed by atoms with Crippen molar-refractivity contribution in [3.8, 4) is 0 Å². The Kier molecular flexibility index (Phi) is 4.12. The van der Waals surface area contributed by atoms with Crippen LogP contribution in [0.25, 0.3) is 0 Å². The summed E-state index contributed by atoms with van der Waals surface area (Å²) in [6.07, 6.45) is 6.21. The molecule has 0 radical (unpaired) electrons. The quantitative estimate of drug-likeness (QED) is 0.347. The van der Waals surface area contributed by atoms with Crippen LogP contribution in [0.4, 0.5) is 0 Å². The van der Waals surface area contributed by atoms with E-state index in [0.29, 0.717) is 6.04 Å². The Morgan fingerprint density at radius 1 is 1.36 bits per heavy atom. The lowest BCUT2D eigenvalue weighted by Crippen LogP contribution is -3.00. The molecule has 1 aliphatic rings. The molecule has 0 aromatic heterocycles. The first-order chi connectivity index (χ1) is 4.67. The van der Waals surface area contributed by atoms with Crippen molar-refractivity contribution >= 4 is 0 Å². The van der Waals surface area contributed by atoms with E-state index in [1.807, 2.05) is 0 Å². The Bertz CT molecular complexity index is 132. The number of hydrogen-bond acceptors (Lipinski definition) is 0. The number of nitrogens with zero attached hydrogens (tertiary/aromatic N) is 1. The van der Waals surface area contributed by atoms with Crippen LogP contribution in [0.2, 0.25) is 0 Å². The Morgan fingerprint density at radius 3 is 2.36 bits per heavy atom. The summed E-state index contributed by atoms with van der Waals surface area (Å²) < 4.78 is 1.14. The second-order valence-corrected chi connectivity index (χ2v) is 3.80. The Hall–Kier alpha value is -0.0100. The van der Waals surface area contributed by atoms with Crippen molar-refractivity contribution in [2.24, 2.45) is 0 Å². The zero-order chi connectivity index (χ0) is 7.61. The Labute approximate surface area is 76.1 Å². The maximum absolute atomic E-state index is 3.86. The van der Waals surface area contributed by atoms with Gasteiger partial charge in [0.25, 0.3) is 0 Å². The van der Waals surface area contributed by atoms with Gasteiger partial charge in [0, 0.05) is 6.42 Å². The first-order valence-electron chi connectivity index (χ1n) is 4.12. The molecule has 1 atom stereocenters. The van der Waals surface area contributed by atoms with Gasteiger partial charge >= 0.3 is 0 Å². The highest BCUT2D eigenvalue weighted by Crippen LogP contribution is 2.21. The van der Waals surface area contributed by atoms with Gasteiger partial charge in [-0.25, -0.2) is 0 Å². The molecule has 66 valence electrons. The van der Waals surface area contributed by atoms with Crippen molar-refractivity contribution in [3.63, 3.8) is 0 Å². The van der Waals surface area contributed by atoms with E-state index in [2.05, 4.69) is 26.8 Å². The van der Waals surface area contributed by atoms with Gasteiger partial charge in [-0.3, -0.25) is 0 Å². The third-order valence-electron chi connectivity index (χ3n) is 2.65. The monoisotopic (exact) mass is 175 g/mol. The van der Waals surface area contributed by atoms with E-state index in [4.69, 9.17) is 0 Å². The lowest BCUT2D eigenvalue weighted by molar-refractivity contribution is -0.913. The molecule has 0 bridgehead atoms. The van der Waals surface area contributed by atoms with Crippen LogP contribution in [-0.4, -0.2) is 31.2 Å². The van der Waals surface area contributed by atoms with Crippen molar-refractivity contribution < 1.29 is 16.9 Å². The minimum Gasteiger partial charge on any atom is -1.00 e. The molecular weight excluding hydrogens is 158 g/mol. The molecule has 0 amide bonds. The second kappa shape index (κ2) is 4.13. The molecular formula is C9H18ClN. The number of piperidine rings is 1. The van der Waals surface area contributed by atoms with Gasteiger partial charge in [0.05, 0.1) is 20.6 Å². The summed E-state index contributed by atoms with van der Waals surface area (Å²) in [5.74, 6) is 0. The largest absolute Gasteiger partial charge is 1.00 e. The van der Waals surface area contributed by atoms with Gasteiger partial charge in [-0.2, -0.15) is 0 Å². The van der Waals surface area contributed by atoms with Crippen LogP contribution < -0.4 is 12.4 Å². The number of halogens is 1. The fourth-order valence-electron chi connectivity index (χ4n) is 1.79. The highest BCUT2D eigenvalue weighted by Gasteiger charge is 2.28. The third-order valence-corrected chi connectivity index (χ3v) is 2.65. The van der Waals surface area contributed by atoms with Gasteiger partial charge < -0.3 is 16.9 Å². The topological polar surface area (TPSA) is 0 Å². The average molecular weight is 176 g/mol. The molecule has 2 heteroatoms. The third kappa shape index (κ3) is 2.49. The van der Waals surface area contributed by atoms with E-state index in [1.54, 1.807) is 0 Å².